The van der Waals surface area contributed by atoms with Gasteiger partial charge in [0.15, 0.2) is 0 Å². The number of amides is 2. The maximum absolute atomic E-state index is 12.4. The lowest BCUT2D eigenvalue weighted by atomic mass is 10.1. The fourth-order valence-electron chi connectivity index (χ4n) is 2.88. The SMILES string of the molecule is NC(=O)CN(C(=O)OCc1ccccc1)C1CCCCCC1. The van der Waals surface area contributed by atoms with Crippen LogP contribution < -0.4 is 5.73 Å². The van der Waals surface area contributed by atoms with Gasteiger partial charge in [-0.1, -0.05) is 56.0 Å². The largest absolute Gasteiger partial charge is 0.445 e. The van der Waals surface area contributed by atoms with Gasteiger partial charge in [0.1, 0.15) is 13.2 Å². The lowest BCUT2D eigenvalue weighted by Gasteiger charge is -2.29. The highest BCUT2D eigenvalue weighted by molar-refractivity contribution is 5.81. The molecule has 0 atom stereocenters. The number of hydrogen-bond acceptors (Lipinski definition) is 3. The highest BCUT2D eigenvalue weighted by atomic mass is 16.6. The van der Waals surface area contributed by atoms with E-state index in [-0.39, 0.29) is 19.2 Å². The molecule has 1 aromatic carbocycles. The number of primary amides is 1. The zero-order chi connectivity index (χ0) is 15.8. The van der Waals surface area contributed by atoms with Crippen LogP contribution in [-0.4, -0.2) is 29.5 Å². The molecule has 1 fully saturated rings. The van der Waals surface area contributed by atoms with E-state index < -0.39 is 12.0 Å². The van der Waals surface area contributed by atoms with Crippen molar-refractivity contribution in [3.63, 3.8) is 0 Å². The van der Waals surface area contributed by atoms with E-state index in [0.717, 1.165) is 31.2 Å². The Bertz CT molecular complexity index is 482. The number of nitrogens with zero attached hydrogens (tertiary/aromatic N) is 1. The monoisotopic (exact) mass is 304 g/mol. The molecule has 5 nitrogen and oxygen atoms in total. The Morgan fingerprint density at radius 3 is 2.32 bits per heavy atom. The second-order valence-electron chi connectivity index (χ2n) is 5.78. The molecule has 0 radical (unpaired) electrons. The summed E-state index contributed by atoms with van der Waals surface area (Å²) >= 11 is 0. The second kappa shape index (κ2) is 8.41. The third kappa shape index (κ3) is 5.06. The van der Waals surface area contributed by atoms with E-state index in [1.165, 1.54) is 17.7 Å². The molecule has 0 aromatic heterocycles. The molecular weight excluding hydrogens is 280 g/mol. The summed E-state index contributed by atoms with van der Waals surface area (Å²) in [6.07, 6.45) is 5.88. The third-order valence-corrected chi connectivity index (χ3v) is 4.03. The first-order valence-electron chi connectivity index (χ1n) is 7.92. The minimum Gasteiger partial charge on any atom is -0.445 e. The Labute approximate surface area is 131 Å². The van der Waals surface area contributed by atoms with Crippen molar-refractivity contribution in [1.82, 2.24) is 4.90 Å². The van der Waals surface area contributed by atoms with Gasteiger partial charge in [-0.15, -0.1) is 0 Å². The summed E-state index contributed by atoms with van der Waals surface area (Å²) in [6, 6.07) is 9.56. The minimum absolute atomic E-state index is 0.0540. The summed E-state index contributed by atoms with van der Waals surface area (Å²) in [5.74, 6) is -0.499. The van der Waals surface area contributed by atoms with Crippen molar-refractivity contribution >= 4 is 12.0 Å². The summed E-state index contributed by atoms with van der Waals surface area (Å²) < 4.78 is 5.36. The molecule has 1 saturated carbocycles. The van der Waals surface area contributed by atoms with Gasteiger partial charge in [-0.2, -0.15) is 0 Å². The van der Waals surface area contributed by atoms with Crippen molar-refractivity contribution in [2.75, 3.05) is 6.54 Å². The van der Waals surface area contributed by atoms with Gasteiger partial charge in [0, 0.05) is 6.04 Å². The molecule has 2 rings (SSSR count). The number of carbonyl (C=O) groups is 2. The molecule has 0 spiro atoms. The van der Waals surface area contributed by atoms with Crippen molar-refractivity contribution in [2.24, 2.45) is 5.73 Å². The molecule has 22 heavy (non-hydrogen) atoms. The van der Waals surface area contributed by atoms with Crippen LogP contribution in [0, 0.1) is 0 Å². The van der Waals surface area contributed by atoms with Crippen LogP contribution >= 0.6 is 0 Å². The average Bonchev–Trinajstić information content (AvgIpc) is 2.80. The molecule has 2 N–H and O–H groups in total. The van der Waals surface area contributed by atoms with E-state index in [2.05, 4.69) is 0 Å². The molecule has 0 saturated heterocycles. The van der Waals surface area contributed by atoms with E-state index in [1.54, 1.807) is 0 Å². The van der Waals surface area contributed by atoms with Gasteiger partial charge in [0.2, 0.25) is 5.91 Å². The average molecular weight is 304 g/mol. The van der Waals surface area contributed by atoms with Crippen molar-refractivity contribution in [3.8, 4) is 0 Å². The number of hydrogen-bond donors (Lipinski definition) is 1. The second-order valence-corrected chi connectivity index (χ2v) is 5.78. The summed E-state index contributed by atoms with van der Waals surface area (Å²) in [6.45, 7) is 0.139. The maximum atomic E-state index is 12.4. The van der Waals surface area contributed by atoms with Gasteiger partial charge in [-0.25, -0.2) is 4.79 Å². The predicted molar refractivity (Wildman–Crippen MR) is 84.0 cm³/mol. The normalized spacial score (nSPS) is 15.8. The predicted octanol–water partition coefficient (Wildman–Crippen LogP) is 2.83. The highest BCUT2D eigenvalue weighted by Crippen LogP contribution is 2.22. The van der Waals surface area contributed by atoms with E-state index >= 15 is 0 Å². The fraction of sp³-hybridized carbons (Fsp3) is 0.529. The molecule has 120 valence electrons. The Morgan fingerprint density at radius 2 is 1.73 bits per heavy atom. The van der Waals surface area contributed by atoms with Crippen molar-refractivity contribution in [1.29, 1.82) is 0 Å². The molecule has 0 aliphatic heterocycles. The van der Waals surface area contributed by atoms with Gasteiger partial charge >= 0.3 is 6.09 Å². The molecule has 2 amide bonds. The third-order valence-electron chi connectivity index (χ3n) is 4.03. The van der Waals surface area contributed by atoms with Gasteiger partial charge in [0.25, 0.3) is 0 Å². The summed E-state index contributed by atoms with van der Waals surface area (Å²) in [7, 11) is 0. The van der Waals surface area contributed by atoms with E-state index in [9.17, 15) is 9.59 Å². The highest BCUT2D eigenvalue weighted by Gasteiger charge is 2.27. The lowest BCUT2D eigenvalue weighted by molar-refractivity contribution is -0.119. The topological polar surface area (TPSA) is 72.6 Å². The molecule has 0 heterocycles. The Hall–Kier alpha value is -2.04. The van der Waals surface area contributed by atoms with Crippen molar-refractivity contribution in [2.45, 2.75) is 51.2 Å². The van der Waals surface area contributed by atoms with Crippen LogP contribution in [0.2, 0.25) is 0 Å². The quantitative estimate of drug-likeness (QED) is 0.850. The Balaban J connectivity index is 1.97. The maximum Gasteiger partial charge on any atom is 0.410 e. The number of benzene rings is 1. The van der Waals surface area contributed by atoms with Gasteiger partial charge in [0.05, 0.1) is 0 Å². The Morgan fingerprint density at radius 1 is 1.09 bits per heavy atom. The molecule has 1 aliphatic carbocycles. The van der Waals surface area contributed by atoms with Crippen molar-refractivity contribution < 1.29 is 14.3 Å². The zero-order valence-electron chi connectivity index (χ0n) is 12.9. The van der Waals surface area contributed by atoms with E-state index in [4.69, 9.17) is 10.5 Å². The Kier molecular flexibility index (Phi) is 6.25. The van der Waals surface area contributed by atoms with Crippen LogP contribution in [0.15, 0.2) is 30.3 Å². The van der Waals surface area contributed by atoms with Crippen molar-refractivity contribution in [3.05, 3.63) is 35.9 Å². The summed E-state index contributed by atoms with van der Waals surface area (Å²) in [4.78, 5) is 25.2. The summed E-state index contributed by atoms with van der Waals surface area (Å²) in [5.41, 5.74) is 6.22. The first kappa shape index (κ1) is 16.3. The molecule has 1 aromatic rings. The fourth-order valence-corrected chi connectivity index (χ4v) is 2.88. The zero-order valence-corrected chi connectivity index (χ0v) is 12.9. The molecule has 5 heteroatoms. The van der Waals surface area contributed by atoms with Crippen LogP contribution in [0.25, 0.3) is 0 Å². The van der Waals surface area contributed by atoms with Crippen LogP contribution in [0.3, 0.4) is 0 Å². The van der Waals surface area contributed by atoms with Gasteiger partial charge < -0.3 is 10.5 Å². The number of carbonyl (C=O) groups excluding carboxylic acids is 2. The van der Waals surface area contributed by atoms with Crippen LogP contribution in [0.1, 0.15) is 44.1 Å². The molecule has 0 bridgehead atoms. The first-order valence-corrected chi connectivity index (χ1v) is 7.92. The molecular formula is C17H24N2O3. The van der Waals surface area contributed by atoms with E-state index in [0.29, 0.717) is 0 Å². The molecule has 0 unspecified atom stereocenters. The van der Waals surface area contributed by atoms with Gasteiger partial charge in [-0.05, 0) is 18.4 Å². The van der Waals surface area contributed by atoms with Gasteiger partial charge in [-0.3, -0.25) is 9.69 Å². The number of ether oxygens (including phenoxy) is 1. The smallest absolute Gasteiger partial charge is 0.410 e. The lowest BCUT2D eigenvalue weighted by Crippen LogP contribution is -2.45. The van der Waals surface area contributed by atoms with Crippen LogP contribution in [0.4, 0.5) is 4.79 Å². The first-order chi connectivity index (χ1) is 10.7. The minimum atomic E-state index is -0.499. The number of rotatable bonds is 5. The summed E-state index contributed by atoms with van der Waals surface area (Å²) in [5, 5.41) is 0. The van der Waals surface area contributed by atoms with E-state index in [1.807, 2.05) is 30.3 Å². The van der Waals surface area contributed by atoms with Crippen LogP contribution in [0.5, 0.6) is 0 Å². The standard InChI is InChI=1S/C17H24N2O3/c18-16(20)12-19(15-10-6-1-2-7-11-15)17(21)22-13-14-8-4-3-5-9-14/h3-5,8-9,15H,1-2,6-7,10-13H2,(H2,18,20). The van der Waals surface area contributed by atoms with Crippen LogP contribution in [-0.2, 0) is 16.1 Å². The number of nitrogens with two attached hydrogens (primary N) is 1. The molecule has 1 aliphatic rings.